The molecule has 2 aromatic rings. The van der Waals surface area contributed by atoms with Crippen LogP contribution in [0.2, 0.25) is 0 Å². The molecule has 2 aromatic heterocycles. The molecule has 1 N–H and O–H groups in total. The van der Waals surface area contributed by atoms with Crippen LogP contribution < -0.4 is 5.32 Å². The van der Waals surface area contributed by atoms with E-state index >= 15 is 0 Å². The number of carbonyl (C=O) groups is 1. The van der Waals surface area contributed by atoms with Gasteiger partial charge in [-0.05, 0) is 13.8 Å². The Morgan fingerprint density at radius 2 is 2.12 bits per heavy atom. The van der Waals surface area contributed by atoms with Gasteiger partial charge in [-0.15, -0.1) is 10.2 Å². The van der Waals surface area contributed by atoms with Crippen molar-refractivity contribution < 1.29 is 4.79 Å². The van der Waals surface area contributed by atoms with Gasteiger partial charge in [-0.25, -0.2) is 4.98 Å². The Bertz CT molecular complexity index is 524. The van der Waals surface area contributed by atoms with E-state index < -0.39 is 0 Å². The van der Waals surface area contributed by atoms with Gasteiger partial charge in [0.15, 0.2) is 0 Å². The highest BCUT2D eigenvalue weighted by Gasteiger charge is 2.10. The Morgan fingerprint density at radius 3 is 2.75 bits per heavy atom. The van der Waals surface area contributed by atoms with Crippen LogP contribution in [0.5, 0.6) is 0 Å². The Balaban J connectivity index is 2.14. The van der Waals surface area contributed by atoms with Crippen LogP contribution in [-0.4, -0.2) is 26.1 Å². The molecular weight excluding hydrogens is 226 g/mol. The Kier molecular flexibility index (Phi) is 2.86. The summed E-state index contributed by atoms with van der Waals surface area (Å²) in [5, 5.41) is 11.5. The predicted molar refractivity (Wildman–Crippen MR) is 59.4 cm³/mol. The summed E-state index contributed by atoms with van der Waals surface area (Å²) in [5.74, 6) is -0.327. The molecule has 0 aliphatic carbocycles. The van der Waals surface area contributed by atoms with E-state index in [0.29, 0.717) is 10.8 Å². The van der Waals surface area contributed by atoms with Gasteiger partial charge < -0.3 is 0 Å². The molecule has 0 fully saturated rings. The molecular formula is C9H9N5OS. The summed E-state index contributed by atoms with van der Waals surface area (Å²) < 4.78 is 0. The third kappa shape index (κ3) is 2.37. The van der Waals surface area contributed by atoms with Crippen molar-refractivity contribution in [2.24, 2.45) is 0 Å². The fourth-order valence-corrected chi connectivity index (χ4v) is 1.67. The van der Waals surface area contributed by atoms with Crippen molar-refractivity contribution in [3.05, 3.63) is 28.8 Å². The Morgan fingerprint density at radius 1 is 1.31 bits per heavy atom. The van der Waals surface area contributed by atoms with E-state index in [1.54, 1.807) is 13.1 Å². The highest BCUT2D eigenvalue weighted by Crippen LogP contribution is 2.14. The number of rotatable bonds is 2. The molecule has 0 aliphatic heterocycles. The van der Waals surface area contributed by atoms with Gasteiger partial charge in [0.2, 0.25) is 5.13 Å². The zero-order chi connectivity index (χ0) is 11.5. The number of nitrogens with zero attached hydrogens (tertiary/aromatic N) is 4. The Hall–Kier alpha value is -1.89. The van der Waals surface area contributed by atoms with Crippen molar-refractivity contribution in [1.82, 2.24) is 20.2 Å². The van der Waals surface area contributed by atoms with E-state index in [1.165, 1.54) is 17.5 Å². The molecule has 0 unspecified atom stereocenters. The van der Waals surface area contributed by atoms with Gasteiger partial charge in [0.1, 0.15) is 10.7 Å². The number of hydrogen-bond acceptors (Lipinski definition) is 6. The zero-order valence-corrected chi connectivity index (χ0v) is 9.58. The van der Waals surface area contributed by atoms with E-state index in [2.05, 4.69) is 25.5 Å². The fraction of sp³-hybridized carbons (Fsp3) is 0.222. The maximum absolute atomic E-state index is 11.7. The largest absolute Gasteiger partial charge is 0.295 e. The highest BCUT2D eigenvalue weighted by atomic mass is 32.1. The van der Waals surface area contributed by atoms with Crippen molar-refractivity contribution in [2.45, 2.75) is 13.8 Å². The average Bonchev–Trinajstić information content (AvgIpc) is 2.64. The minimum atomic E-state index is -0.327. The molecule has 0 saturated carbocycles. The number of nitrogens with one attached hydrogen (secondary N) is 1. The van der Waals surface area contributed by atoms with Crippen LogP contribution in [0.25, 0.3) is 0 Å². The van der Waals surface area contributed by atoms with Crippen LogP contribution in [0, 0.1) is 13.8 Å². The van der Waals surface area contributed by atoms with Gasteiger partial charge in [-0.3, -0.25) is 15.1 Å². The van der Waals surface area contributed by atoms with Gasteiger partial charge >= 0.3 is 0 Å². The molecule has 0 atom stereocenters. The van der Waals surface area contributed by atoms with Gasteiger partial charge in [-0.1, -0.05) is 11.3 Å². The number of amides is 1. The minimum absolute atomic E-state index is 0.271. The van der Waals surface area contributed by atoms with Crippen LogP contribution in [0.15, 0.2) is 12.4 Å². The smallest absolute Gasteiger partial charge is 0.277 e. The van der Waals surface area contributed by atoms with Crippen LogP contribution in [-0.2, 0) is 0 Å². The number of aromatic nitrogens is 4. The van der Waals surface area contributed by atoms with Crippen LogP contribution in [0.1, 0.15) is 21.2 Å². The van der Waals surface area contributed by atoms with Crippen LogP contribution in [0.3, 0.4) is 0 Å². The predicted octanol–water partition coefficient (Wildman–Crippen LogP) is 1.20. The standard InChI is InChI=1S/C9H9N5OS/c1-5-3-10-4-7(11-5)8(15)12-9-14-13-6(2)16-9/h3-4H,1-2H3,(H,12,14,15). The second kappa shape index (κ2) is 4.31. The molecule has 0 spiro atoms. The van der Waals surface area contributed by atoms with Gasteiger partial charge in [0.25, 0.3) is 5.91 Å². The maximum atomic E-state index is 11.7. The lowest BCUT2D eigenvalue weighted by Crippen LogP contribution is -2.14. The van der Waals surface area contributed by atoms with Crippen LogP contribution in [0.4, 0.5) is 5.13 Å². The summed E-state index contributed by atoms with van der Waals surface area (Å²) >= 11 is 1.31. The molecule has 2 rings (SSSR count). The molecule has 6 nitrogen and oxygen atoms in total. The molecule has 0 radical (unpaired) electrons. The van der Waals surface area contributed by atoms with E-state index in [1.807, 2.05) is 6.92 Å². The number of hydrogen-bond donors (Lipinski definition) is 1. The minimum Gasteiger partial charge on any atom is -0.295 e. The SMILES string of the molecule is Cc1cncc(C(=O)Nc2nnc(C)s2)n1. The lowest BCUT2D eigenvalue weighted by Gasteiger charge is -2.00. The topological polar surface area (TPSA) is 80.7 Å². The lowest BCUT2D eigenvalue weighted by molar-refractivity contribution is 0.102. The lowest BCUT2D eigenvalue weighted by atomic mass is 10.4. The monoisotopic (exact) mass is 235 g/mol. The summed E-state index contributed by atoms with van der Waals surface area (Å²) in [6, 6.07) is 0. The molecule has 7 heteroatoms. The number of aryl methyl sites for hydroxylation is 2. The second-order valence-corrected chi connectivity index (χ2v) is 4.31. The average molecular weight is 235 g/mol. The molecule has 0 aliphatic rings. The summed E-state index contributed by atoms with van der Waals surface area (Å²) in [6.45, 7) is 3.60. The van der Waals surface area contributed by atoms with Crippen molar-refractivity contribution in [1.29, 1.82) is 0 Å². The molecule has 0 aromatic carbocycles. The zero-order valence-electron chi connectivity index (χ0n) is 8.76. The van der Waals surface area contributed by atoms with Crippen molar-refractivity contribution in [3.8, 4) is 0 Å². The van der Waals surface area contributed by atoms with E-state index in [4.69, 9.17) is 0 Å². The van der Waals surface area contributed by atoms with E-state index in [-0.39, 0.29) is 11.6 Å². The molecule has 1 amide bonds. The maximum Gasteiger partial charge on any atom is 0.277 e. The normalized spacial score (nSPS) is 10.1. The third-order valence-corrected chi connectivity index (χ3v) is 2.49. The summed E-state index contributed by atoms with van der Waals surface area (Å²) in [6.07, 6.45) is 3.00. The van der Waals surface area contributed by atoms with E-state index in [0.717, 1.165) is 5.01 Å². The quantitative estimate of drug-likeness (QED) is 0.845. The summed E-state index contributed by atoms with van der Waals surface area (Å²) in [5.41, 5.74) is 0.967. The molecule has 82 valence electrons. The summed E-state index contributed by atoms with van der Waals surface area (Å²) in [7, 11) is 0. The second-order valence-electron chi connectivity index (χ2n) is 3.13. The first-order valence-corrected chi connectivity index (χ1v) is 5.37. The molecule has 0 bridgehead atoms. The molecule has 2 heterocycles. The third-order valence-electron chi connectivity index (χ3n) is 1.73. The highest BCUT2D eigenvalue weighted by molar-refractivity contribution is 7.15. The van der Waals surface area contributed by atoms with Crippen LogP contribution >= 0.6 is 11.3 Å². The van der Waals surface area contributed by atoms with Crippen molar-refractivity contribution in [3.63, 3.8) is 0 Å². The van der Waals surface area contributed by atoms with Gasteiger partial charge in [0, 0.05) is 6.20 Å². The first kappa shape index (κ1) is 10.6. The van der Waals surface area contributed by atoms with E-state index in [9.17, 15) is 4.79 Å². The fourth-order valence-electron chi connectivity index (χ4n) is 1.08. The van der Waals surface area contributed by atoms with Gasteiger partial charge in [0.05, 0.1) is 11.9 Å². The van der Waals surface area contributed by atoms with Gasteiger partial charge in [-0.2, -0.15) is 0 Å². The van der Waals surface area contributed by atoms with Crippen molar-refractivity contribution in [2.75, 3.05) is 5.32 Å². The first-order valence-electron chi connectivity index (χ1n) is 4.55. The number of anilines is 1. The number of carbonyl (C=O) groups excluding carboxylic acids is 1. The van der Waals surface area contributed by atoms with Crippen molar-refractivity contribution >= 4 is 22.4 Å². The molecule has 16 heavy (non-hydrogen) atoms. The molecule has 0 saturated heterocycles. The Labute approximate surface area is 95.8 Å². The summed E-state index contributed by atoms with van der Waals surface area (Å²) in [4.78, 5) is 19.7. The first-order chi connectivity index (χ1) is 7.65.